The first kappa shape index (κ1) is 13.3. The molecule has 2 unspecified atom stereocenters. The van der Waals surface area contributed by atoms with Crippen LogP contribution in [0.1, 0.15) is 32.6 Å². The summed E-state index contributed by atoms with van der Waals surface area (Å²) >= 11 is 0. The molecule has 17 heavy (non-hydrogen) atoms. The Morgan fingerprint density at radius 2 is 2.00 bits per heavy atom. The highest BCUT2D eigenvalue weighted by atomic mass is 16.3. The van der Waals surface area contributed by atoms with Crippen LogP contribution in [0.2, 0.25) is 0 Å². The van der Waals surface area contributed by atoms with Gasteiger partial charge in [0.1, 0.15) is 0 Å². The Morgan fingerprint density at radius 3 is 2.65 bits per heavy atom. The predicted octanol–water partition coefficient (Wildman–Crippen LogP) is 1.42. The first-order valence-electron chi connectivity index (χ1n) is 7.20. The summed E-state index contributed by atoms with van der Waals surface area (Å²) in [6.45, 7) is 5.69. The van der Waals surface area contributed by atoms with E-state index in [0.717, 1.165) is 13.1 Å². The maximum Gasteiger partial charge on any atom is 0.0635 e. The standard InChI is InChI=1S/C14H28N2O/c1-4-5-8-16-9-11-6-7-13(15(2)3)12(10-16)14(11)17/h11-14,17H,4-10H2,1-3H3/t11?,12?,13-,14-/m0/s1. The first-order valence-corrected chi connectivity index (χ1v) is 7.20. The van der Waals surface area contributed by atoms with Crippen LogP contribution in [-0.2, 0) is 0 Å². The van der Waals surface area contributed by atoms with Gasteiger partial charge in [-0.25, -0.2) is 0 Å². The Bertz CT molecular complexity index is 244. The summed E-state index contributed by atoms with van der Waals surface area (Å²) in [6.07, 6.45) is 4.96. The van der Waals surface area contributed by atoms with E-state index >= 15 is 0 Å². The van der Waals surface area contributed by atoms with Crippen molar-refractivity contribution in [1.29, 1.82) is 0 Å². The molecule has 2 fully saturated rings. The summed E-state index contributed by atoms with van der Waals surface area (Å²) in [4.78, 5) is 4.90. The number of aliphatic hydroxyl groups is 1. The molecular formula is C14H28N2O. The van der Waals surface area contributed by atoms with Gasteiger partial charge in [-0.05, 0) is 45.8 Å². The molecule has 1 aliphatic carbocycles. The molecule has 0 aromatic carbocycles. The lowest BCUT2D eigenvalue weighted by Crippen LogP contribution is -2.59. The third kappa shape index (κ3) is 2.83. The number of rotatable bonds is 4. The first-order chi connectivity index (χ1) is 8.13. The summed E-state index contributed by atoms with van der Waals surface area (Å²) < 4.78 is 0. The fourth-order valence-corrected chi connectivity index (χ4v) is 3.69. The lowest BCUT2D eigenvalue weighted by molar-refractivity contribution is -0.0817. The number of piperidine rings is 1. The van der Waals surface area contributed by atoms with Gasteiger partial charge in [0.2, 0.25) is 0 Å². The van der Waals surface area contributed by atoms with Crippen molar-refractivity contribution >= 4 is 0 Å². The predicted molar refractivity (Wildman–Crippen MR) is 71.0 cm³/mol. The lowest BCUT2D eigenvalue weighted by atomic mass is 9.72. The summed E-state index contributed by atoms with van der Waals surface area (Å²) in [5, 5.41) is 10.4. The van der Waals surface area contributed by atoms with Gasteiger partial charge >= 0.3 is 0 Å². The second kappa shape index (κ2) is 5.68. The molecule has 0 spiro atoms. The molecule has 100 valence electrons. The van der Waals surface area contributed by atoms with Crippen LogP contribution in [-0.4, -0.2) is 60.8 Å². The van der Waals surface area contributed by atoms with Crippen LogP contribution in [0.25, 0.3) is 0 Å². The maximum absolute atomic E-state index is 10.4. The zero-order chi connectivity index (χ0) is 12.4. The normalized spacial score (nSPS) is 38.6. The number of unbranched alkanes of at least 4 members (excludes halogenated alkanes) is 1. The molecule has 1 saturated heterocycles. The van der Waals surface area contributed by atoms with Crippen molar-refractivity contribution in [2.24, 2.45) is 11.8 Å². The molecule has 1 saturated carbocycles. The molecule has 1 N–H and O–H groups in total. The Kier molecular flexibility index (Phi) is 4.45. The largest absolute Gasteiger partial charge is 0.392 e. The molecular weight excluding hydrogens is 212 g/mol. The van der Waals surface area contributed by atoms with Crippen LogP contribution in [0.3, 0.4) is 0 Å². The van der Waals surface area contributed by atoms with E-state index in [-0.39, 0.29) is 6.10 Å². The maximum atomic E-state index is 10.4. The third-order valence-electron chi connectivity index (χ3n) is 4.70. The summed E-state index contributed by atoms with van der Waals surface area (Å²) in [6, 6.07) is 0.575. The van der Waals surface area contributed by atoms with E-state index in [1.54, 1.807) is 0 Å². The molecule has 2 rings (SSSR count). The Labute approximate surface area is 106 Å². The summed E-state index contributed by atoms with van der Waals surface area (Å²) in [7, 11) is 4.31. The molecule has 3 heteroatoms. The van der Waals surface area contributed by atoms with E-state index < -0.39 is 0 Å². The number of fused-ring (bicyclic) bond motifs is 2. The fraction of sp³-hybridized carbons (Fsp3) is 1.00. The van der Waals surface area contributed by atoms with Crippen molar-refractivity contribution in [2.75, 3.05) is 33.7 Å². The number of hydrogen-bond acceptors (Lipinski definition) is 3. The van der Waals surface area contributed by atoms with Gasteiger partial charge in [0.15, 0.2) is 0 Å². The van der Waals surface area contributed by atoms with Gasteiger partial charge in [0.05, 0.1) is 6.10 Å². The highest BCUT2D eigenvalue weighted by Crippen LogP contribution is 2.36. The number of aliphatic hydroxyl groups excluding tert-OH is 1. The van der Waals surface area contributed by atoms with Crippen LogP contribution < -0.4 is 0 Å². The van der Waals surface area contributed by atoms with Gasteiger partial charge in [0.25, 0.3) is 0 Å². The number of likely N-dealkylation sites (tertiary alicyclic amines) is 1. The summed E-state index contributed by atoms with van der Waals surface area (Å²) in [5.74, 6) is 0.996. The van der Waals surface area contributed by atoms with Crippen molar-refractivity contribution in [3.05, 3.63) is 0 Å². The second-order valence-corrected chi connectivity index (χ2v) is 6.14. The minimum absolute atomic E-state index is 0.0611. The van der Waals surface area contributed by atoms with Crippen LogP contribution in [0.5, 0.6) is 0 Å². The third-order valence-corrected chi connectivity index (χ3v) is 4.70. The van der Waals surface area contributed by atoms with Gasteiger partial charge < -0.3 is 14.9 Å². The van der Waals surface area contributed by atoms with E-state index in [1.165, 1.54) is 32.2 Å². The highest BCUT2D eigenvalue weighted by molar-refractivity contribution is 4.97. The summed E-state index contributed by atoms with van der Waals surface area (Å²) in [5.41, 5.74) is 0. The molecule has 0 aromatic rings. The van der Waals surface area contributed by atoms with Crippen molar-refractivity contribution in [3.63, 3.8) is 0 Å². The van der Waals surface area contributed by atoms with Gasteiger partial charge in [-0.3, -0.25) is 0 Å². The van der Waals surface area contributed by atoms with E-state index in [0.29, 0.717) is 17.9 Å². The minimum Gasteiger partial charge on any atom is -0.392 e. The lowest BCUT2D eigenvalue weighted by Gasteiger charge is -2.50. The fourth-order valence-electron chi connectivity index (χ4n) is 3.69. The van der Waals surface area contributed by atoms with Crippen molar-refractivity contribution < 1.29 is 5.11 Å². The van der Waals surface area contributed by atoms with Crippen molar-refractivity contribution in [3.8, 4) is 0 Å². The quantitative estimate of drug-likeness (QED) is 0.805. The molecule has 4 atom stereocenters. The molecule has 0 amide bonds. The number of hydrogen-bond donors (Lipinski definition) is 1. The SMILES string of the molecule is CCCCN1CC2CC[C@H](N(C)C)C(C1)[C@H]2O. The van der Waals surface area contributed by atoms with Gasteiger partial charge in [-0.2, -0.15) is 0 Å². The van der Waals surface area contributed by atoms with Crippen molar-refractivity contribution in [2.45, 2.75) is 44.8 Å². The van der Waals surface area contributed by atoms with Crippen LogP contribution in [0, 0.1) is 11.8 Å². The smallest absolute Gasteiger partial charge is 0.0635 e. The van der Waals surface area contributed by atoms with Gasteiger partial charge in [-0.1, -0.05) is 13.3 Å². The van der Waals surface area contributed by atoms with E-state index in [1.807, 2.05) is 0 Å². The van der Waals surface area contributed by atoms with Crippen LogP contribution in [0.4, 0.5) is 0 Å². The molecule has 3 nitrogen and oxygen atoms in total. The molecule has 0 aromatic heterocycles. The Balaban J connectivity index is 1.99. The minimum atomic E-state index is -0.0611. The Hall–Kier alpha value is -0.120. The zero-order valence-electron chi connectivity index (χ0n) is 11.6. The monoisotopic (exact) mass is 240 g/mol. The molecule has 1 heterocycles. The van der Waals surface area contributed by atoms with Crippen LogP contribution in [0.15, 0.2) is 0 Å². The van der Waals surface area contributed by atoms with Crippen LogP contribution >= 0.6 is 0 Å². The van der Waals surface area contributed by atoms with E-state index in [9.17, 15) is 5.11 Å². The molecule has 0 radical (unpaired) electrons. The molecule has 1 aliphatic heterocycles. The zero-order valence-corrected chi connectivity index (χ0v) is 11.6. The highest BCUT2D eigenvalue weighted by Gasteiger charge is 2.43. The average Bonchev–Trinajstić information content (AvgIpc) is 2.26. The molecule has 2 bridgehead atoms. The van der Waals surface area contributed by atoms with Gasteiger partial charge in [-0.15, -0.1) is 0 Å². The molecule has 2 aliphatic rings. The van der Waals surface area contributed by atoms with E-state index in [4.69, 9.17) is 0 Å². The topological polar surface area (TPSA) is 26.7 Å². The second-order valence-electron chi connectivity index (χ2n) is 6.14. The van der Waals surface area contributed by atoms with Crippen molar-refractivity contribution in [1.82, 2.24) is 9.80 Å². The Morgan fingerprint density at radius 1 is 1.24 bits per heavy atom. The average molecular weight is 240 g/mol. The van der Waals surface area contributed by atoms with E-state index in [2.05, 4.69) is 30.8 Å². The number of nitrogens with zero attached hydrogens (tertiary/aromatic N) is 2. The van der Waals surface area contributed by atoms with Gasteiger partial charge in [0, 0.05) is 25.0 Å².